The molecule has 0 aromatic carbocycles. The molecule has 0 radical (unpaired) electrons. The lowest BCUT2D eigenvalue weighted by Crippen LogP contribution is -2.48. The quantitative estimate of drug-likeness (QED) is 0.722. The number of hydrogen-bond donors (Lipinski definition) is 1. The SMILES string of the molecule is CCC(=O)CN1CCCN2CCN(CCCN(CC(=O)NC)CC2)CC1. The van der Waals surface area contributed by atoms with Crippen molar-refractivity contribution in [2.45, 2.75) is 26.2 Å². The van der Waals surface area contributed by atoms with E-state index in [0.29, 0.717) is 25.3 Å². The predicted molar refractivity (Wildman–Crippen MR) is 104 cm³/mol. The standard InChI is InChI=1S/C19H37N5O2/c1-3-18(25)16-23-8-4-6-22-11-10-21(12-14-23)7-5-9-24(15-13-22)17-19(26)20-2/h3-17H2,1-2H3,(H,20,26). The first-order valence-electron chi connectivity index (χ1n) is 10.2. The first kappa shape index (κ1) is 21.3. The minimum Gasteiger partial charge on any atom is -0.358 e. The van der Waals surface area contributed by atoms with Gasteiger partial charge in [0.2, 0.25) is 5.91 Å². The average molecular weight is 368 g/mol. The summed E-state index contributed by atoms with van der Waals surface area (Å²) in [4.78, 5) is 33.3. The number of rotatable bonds is 5. The van der Waals surface area contributed by atoms with Crippen LogP contribution in [-0.2, 0) is 9.59 Å². The van der Waals surface area contributed by atoms with Crippen molar-refractivity contribution in [1.82, 2.24) is 24.9 Å². The van der Waals surface area contributed by atoms with Crippen LogP contribution >= 0.6 is 0 Å². The van der Waals surface area contributed by atoms with Gasteiger partial charge in [0, 0.05) is 52.7 Å². The maximum atomic E-state index is 11.9. The third-order valence-electron chi connectivity index (χ3n) is 5.54. The van der Waals surface area contributed by atoms with E-state index in [-0.39, 0.29) is 5.91 Å². The highest BCUT2D eigenvalue weighted by Crippen LogP contribution is 2.06. The van der Waals surface area contributed by atoms with E-state index in [1.807, 2.05) is 6.92 Å². The number of nitrogens with zero attached hydrogens (tertiary/aromatic N) is 4. The number of Topliss-reactive ketones (excluding diaryl/α,β-unsaturated/α-hetero) is 1. The van der Waals surface area contributed by atoms with Crippen LogP contribution in [0.15, 0.2) is 0 Å². The molecule has 2 rings (SSSR count). The summed E-state index contributed by atoms with van der Waals surface area (Å²) < 4.78 is 0. The fourth-order valence-electron chi connectivity index (χ4n) is 3.74. The molecule has 2 aliphatic heterocycles. The summed E-state index contributed by atoms with van der Waals surface area (Å²) in [6.07, 6.45) is 2.82. The Labute approximate surface area is 158 Å². The highest BCUT2D eigenvalue weighted by Gasteiger charge is 2.19. The second-order valence-electron chi connectivity index (χ2n) is 7.51. The highest BCUT2D eigenvalue weighted by molar-refractivity contribution is 5.80. The zero-order chi connectivity index (χ0) is 18.8. The summed E-state index contributed by atoms with van der Waals surface area (Å²) in [5.41, 5.74) is 0. The van der Waals surface area contributed by atoms with Crippen LogP contribution in [0.2, 0.25) is 0 Å². The number of fused-ring (bicyclic) bond motifs is 3. The number of likely N-dealkylation sites (N-methyl/N-ethyl adjacent to an activating group) is 1. The molecule has 2 bridgehead atoms. The molecule has 1 amide bonds. The van der Waals surface area contributed by atoms with Gasteiger partial charge >= 0.3 is 0 Å². The molecule has 0 saturated carbocycles. The van der Waals surface area contributed by atoms with Gasteiger partial charge in [0.15, 0.2) is 0 Å². The smallest absolute Gasteiger partial charge is 0.233 e. The number of ketones is 1. The summed E-state index contributed by atoms with van der Waals surface area (Å²) in [5, 5.41) is 2.74. The maximum absolute atomic E-state index is 11.9. The van der Waals surface area contributed by atoms with Crippen LogP contribution in [0.25, 0.3) is 0 Å². The summed E-state index contributed by atoms with van der Waals surface area (Å²) in [5.74, 6) is 0.444. The topological polar surface area (TPSA) is 59.1 Å². The molecule has 1 N–H and O–H groups in total. The van der Waals surface area contributed by atoms with Crippen molar-refractivity contribution in [2.75, 3.05) is 85.6 Å². The second kappa shape index (κ2) is 11.6. The van der Waals surface area contributed by atoms with Crippen LogP contribution in [0, 0.1) is 0 Å². The Morgan fingerprint density at radius 3 is 1.73 bits per heavy atom. The third-order valence-corrected chi connectivity index (χ3v) is 5.54. The molecule has 0 spiro atoms. The van der Waals surface area contributed by atoms with Gasteiger partial charge in [0.25, 0.3) is 0 Å². The van der Waals surface area contributed by atoms with Crippen molar-refractivity contribution in [3.8, 4) is 0 Å². The fraction of sp³-hybridized carbons (Fsp3) is 0.895. The van der Waals surface area contributed by atoms with E-state index in [2.05, 4.69) is 24.9 Å². The van der Waals surface area contributed by atoms with E-state index < -0.39 is 0 Å². The molecular formula is C19H37N5O2. The van der Waals surface area contributed by atoms with Gasteiger partial charge < -0.3 is 15.1 Å². The van der Waals surface area contributed by atoms with Crippen LogP contribution in [0.5, 0.6) is 0 Å². The van der Waals surface area contributed by atoms with Gasteiger partial charge in [-0.2, -0.15) is 0 Å². The van der Waals surface area contributed by atoms with E-state index in [4.69, 9.17) is 0 Å². The number of hydrogen-bond acceptors (Lipinski definition) is 6. The Hall–Kier alpha value is -1.02. The van der Waals surface area contributed by atoms with E-state index >= 15 is 0 Å². The second-order valence-corrected chi connectivity index (χ2v) is 7.51. The van der Waals surface area contributed by atoms with E-state index in [1.165, 1.54) is 0 Å². The first-order chi connectivity index (χ1) is 12.6. The Morgan fingerprint density at radius 1 is 0.731 bits per heavy atom. The molecule has 26 heavy (non-hydrogen) atoms. The summed E-state index contributed by atoms with van der Waals surface area (Å²) >= 11 is 0. The Balaban J connectivity index is 1.95. The summed E-state index contributed by atoms with van der Waals surface area (Å²) in [7, 11) is 1.71. The van der Waals surface area contributed by atoms with Crippen LogP contribution in [0.1, 0.15) is 26.2 Å². The van der Waals surface area contributed by atoms with E-state index in [1.54, 1.807) is 7.05 Å². The lowest BCUT2D eigenvalue weighted by molar-refractivity contribution is -0.122. The van der Waals surface area contributed by atoms with Crippen LogP contribution in [-0.4, -0.2) is 117 Å². The van der Waals surface area contributed by atoms with Gasteiger partial charge in [-0.1, -0.05) is 6.92 Å². The van der Waals surface area contributed by atoms with Crippen molar-refractivity contribution in [2.24, 2.45) is 0 Å². The van der Waals surface area contributed by atoms with Gasteiger partial charge in [-0.15, -0.1) is 0 Å². The molecule has 2 saturated heterocycles. The number of nitrogens with one attached hydrogen (secondary N) is 1. The molecule has 2 heterocycles. The van der Waals surface area contributed by atoms with Crippen LogP contribution in [0.3, 0.4) is 0 Å². The third kappa shape index (κ3) is 7.70. The molecule has 7 nitrogen and oxygen atoms in total. The van der Waals surface area contributed by atoms with Crippen molar-refractivity contribution in [3.63, 3.8) is 0 Å². The lowest BCUT2D eigenvalue weighted by atomic mass is 10.2. The van der Waals surface area contributed by atoms with Crippen molar-refractivity contribution in [3.05, 3.63) is 0 Å². The molecular weight excluding hydrogens is 330 g/mol. The maximum Gasteiger partial charge on any atom is 0.233 e. The first-order valence-corrected chi connectivity index (χ1v) is 10.2. The minimum atomic E-state index is 0.0998. The largest absolute Gasteiger partial charge is 0.358 e. The molecule has 0 aliphatic carbocycles. The zero-order valence-corrected chi connectivity index (χ0v) is 16.7. The normalized spacial score (nSPS) is 27.0. The van der Waals surface area contributed by atoms with Crippen molar-refractivity contribution >= 4 is 11.7 Å². The van der Waals surface area contributed by atoms with Gasteiger partial charge in [-0.25, -0.2) is 0 Å². The highest BCUT2D eigenvalue weighted by atomic mass is 16.2. The Kier molecular flexibility index (Phi) is 9.53. The van der Waals surface area contributed by atoms with Crippen LogP contribution in [0.4, 0.5) is 0 Å². The number of carbonyl (C=O) groups excluding carboxylic acids is 2. The average Bonchev–Trinajstić information content (AvgIpc) is 2.65. The monoisotopic (exact) mass is 367 g/mol. The van der Waals surface area contributed by atoms with Gasteiger partial charge in [-0.3, -0.25) is 19.4 Å². The summed E-state index contributed by atoms with van der Waals surface area (Å²) in [6.45, 7) is 13.3. The molecule has 2 unspecified atom stereocenters. The summed E-state index contributed by atoms with van der Waals surface area (Å²) in [6, 6.07) is 0. The molecule has 0 aromatic heterocycles. The molecule has 2 atom stereocenters. The van der Waals surface area contributed by atoms with Gasteiger partial charge in [0.05, 0.1) is 13.1 Å². The number of carbonyl (C=O) groups is 2. The zero-order valence-electron chi connectivity index (χ0n) is 16.7. The van der Waals surface area contributed by atoms with Gasteiger partial charge in [-0.05, 0) is 39.0 Å². The molecule has 150 valence electrons. The van der Waals surface area contributed by atoms with Crippen molar-refractivity contribution < 1.29 is 9.59 Å². The van der Waals surface area contributed by atoms with Crippen LogP contribution < -0.4 is 5.32 Å². The molecule has 2 aliphatic rings. The fourth-order valence-corrected chi connectivity index (χ4v) is 3.74. The number of amides is 1. The predicted octanol–water partition coefficient (Wildman–Crippen LogP) is -0.273. The Morgan fingerprint density at radius 2 is 1.23 bits per heavy atom. The van der Waals surface area contributed by atoms with Gasteiger partial charge in [0.1, 0.15) is 5.78 Å². The molecule has 0 aromatic rings. The lowest BCUT2D eigenvalue weighted by Gasteiger charge is -2.35. The molecule has 2 fully saturated rings. The molecule has 7 heteroatoms. The van der Waals surface area contributed by atoms with Crippen molar-refractivity contribution in [1.29, 1.82) is 0 Å². The minimum absolute atomic E-state index is 0.0998. The Bertz CT molecular complexity index is 406. The van der Waals surface area contributed by atoms with E-state index in [9.17, 15) is 9.59 Å². The van der Waals surface area contributed by atoms with E-state index in [0.717, 1.165) is 78.3 Å².